The van der Waals surface area contributed by atoms with Crippen LogP contribution in [0, 0.1) is 12.7 Å². The number of halogens is 1. The molecule has 5 heteroatoms. The Balaban J connectivity index is 1.69. The van der Waals surface area contributed by atoms with E-state index < -0.39 is 0 Å². The Morgan fingerprint density at radius 3 is 2.34 bits per heavy atom. The first-order valence-corrected chi connectivity index (χ1v) is 9.27. The van der Waals surface area contributed by atoms with E-state index in [2.05, 4.69) is 5.32 Å². The van der Waals surface area contributed by atoms with E-state index in [9.17, 15) is 14.0 Å². The first-order chi connectivity index (χ1) is 14.0. The van der Waals surface area contributed by atoms with Gasteiger partial charge in [0.05, 0.1) is 5.52 Å². The average molecular weight is 386 g/mol. The van der Waals surface area contributed by atoms with Crippen molar-refractivity contribution in [1.82, 2.24) is 9.88 Å². The zero-order valence-corrected chi connectivity index (χ0v) is 15.9. The number of carbonyl (C=O) groups is 2. The molecule has 4 aromatic rings. The van der Waals surface area contributed by atoms with Gasteiger partial charge in [-0.25, -0.2) is 4.39 Å². The summed E-state index contributed by atoms with van der Waals surface area (Å²) >= 11 is 0. The lowest BCUT2D eigenvalue weighted by Gasteiger charge is -2.10. The van der Waals surface area contributed by atoms with Crippen molar-refractivity contribution in [2.75, 3.05) is 0 Å². The number of nitrogens with zero attached hydrogens (tertiary/aromatic N) is 1. The van der Waals surface area contributed by atoms with Gasteiger partial charge in [-0.15, -0.1) is 0 Å². The Bertz CT molecular complexity index is 1190. The molecule has 0 unspecified atom stereocenters. The largest absolute Gasteiger partial charge is 0.347 e. The van der Waals surface area contributed by atoms with Gasteiger partial charge in [0.2, 0.25) is 0 Å². The number of hydrogen-bond acceptors (Lipinski definition) is 2. The zero-order chi connectivity index (χ0) is 20.4. The molecule has 1 heterocycles. The number of rotatable bonds is 4. The highest BCUT2D eigenvalue weighted by Crippen LogP contribution is 2.22. The molecule has 0 aliphatic rings. The van der Waals surface area contributed by atoms with Crippen molar-refractivity contribution >= 4 is 22.7 Å². The zero-order valence-electron chi connectivity index (χ0n) is 15.9. The highest BCUT2D eigenvalue weighted by Gasteiger charge is 2.21. The summed E-state index contributed by atoms with van der Waals surface area (Å²) in [4.78, 5) is 26.1. The fourth-order valence-electron chi connectivity index (χ4n) is 3.24. The number of aryl methyl sites for hydroxylation is 1. The van der Waals surface area contributed by atoms with Crippen molar-refractivity contribution in [3.05, 3.63) is 107 Å². The van der Waals surface area contributed by atoms with Gasteiger partial charge in [-0.2, -0.15) is 0 Å². The van der Waals surface area contributed by atoms with Gasteiger partial charge in [0.1, 0.15) is 11.5 Å². The fraction of sp³-hybridized carbons (Fsp3) is 0.0833. The molecule has 0 fully saturated rings. The number of aromatic nitrogens is 1. The minimum Gasteiger partial charge on any atom is -0.347 e. The van der Waals surface area contributed by atoms with Crippen LogP contribution in [0.3, 0.4) is 0 Å². The van der Waals surface area contributed by atoms with E-state index >= 15 is 0 Å². The molecular weight excluding hydrogens is 367 g/mol. The van der Waals surface area contributed by atoms with Gasteiger partial charge in [-0.1, -0.05) is 48.0 Å². The summed E-state index contributed by atoms with van der Waals surface area (Å²) in [6, 6.07) is 22.3. The van der Waals surface area contributed by atoms with E-state index in [-0.39, 0.29) is 29.9 Å². The molecule has 0 aliphatic heterocycles. The lowest BCUT2D eigenvalue weighted by atomic mass is 10.1. The third kappa shape index (κ3) is 3.80. The Kier molecular flexibility index (Phi) is 4.96. The number of carbonyl (C=O) groups excluding carboxylic acids is 2. The van der Waals surface area contributed by atoms with Crippen molar-refractivity contribution < 1.29 is 14.0 Å². The minimum absolute atomic E-state index is 0.235. The third-order valence-electron chi connectivity index (χ3n) is 4.81. The van der Waals surface area contributed by atoms with Crippen LogP contribution in [-0.2, 0) is 6.54 Å². The van der Waals surface area contributed by atoms with Crippen LogP contribution in [0.25, 0.3) is 10.9 Å². The molecule has 4 rings (SSSR count). The summed E-state index contributed by atoms with van der Waals surface area (Å²) in [5, 5.41) is 3.62. The molecule has 29 heavy (non-hydrogen) atoms. The molecule has 3 aromatic carbocycles. The van der Waals surface area contributed by atoms with Crippen LogP contribution in [0.1, 0.15) is 32.0 Å². The summed E-state index contributed by atoms with van der Waals surface area (Å²) in [5.41, 5.74) is 3.26. The Morgan fingerprint density at radius 1 is 0.931 bits per heavy atom. The molecule has 1 aromatic heterocycles. The van der Waals surface area contributed by atoms with E-state index in [1.54, 1.807) is 30.3 Å². The Morgan fingerprint density at radius 2 is 1.62 bits per heavy atom. The number of benzene rings is 3. The summed E-state index contributed by atoms with van der Waals surface area (Å²) < 4.78 is 14.5. The summed E-state index contributed by atoms with van der Waals surface area (Å²) in [5.74, 6) is -0.965. The first kappa shape index (κ1) is 18.6. The highest BCUT2D eigenvalue weighted by molar-refractivity contribution is 6.09. The molecule has 0 atom stereocenters. The Hall–Kier alpha value is -3.73. The highest BCUT2D eigenvalue weighted by atomic mass is 19.1. The molecular formula is C24H19FN2O2. The standard InChI is InChI=1S/C24H19FN2O2/c1-16-6-10-18(11-7-16)24(29)27-21-5-3-2-4-19(21)14-22(27)23(28)26-15-17-8-12-20(25)13-9-17/h2-14H,15H2,1H3,(H,26,28). The van der Waals surface area contributed by atoms with Gasteiger partial charge in [0.25, 0.3) is 11.8 Å². The van der Waals surface area contributed by atoms with Crippen LogP contribution in [0.2, 0.25) is 0 Å². The van der Waals surface area contributed by atoms with Gasteiger partial charge < -0.3 is 5.32 Å². The molecule has 0 radical (unpaired) electrons. The average Bonchev–Trinajstić information content (AvgIpc) is 3.13. The lowest BCUT2D eigenvalue weighted by molar-refractivity contribution is 0.0902. The molecule has 0 bridgehead atoms. The van der Waals surface area contributed by atoms with Crippen molar-refractivity contribution in [2.45, 2.75) is 13.5 Å². The predicted molar refractivity (Wildman–Crippen MR) is 110 cm³/mol. The van der Waals surface area contributed by atoms with Crippen LogP contribution >= 0.6 is 0 Å². The third-order valence-corrected chi connectivity index (χ3v) is 4.81. The monoisotopic (exact) mass is 386 g/mol. The molecule has 0 saturated heterocycles. The summed E-state index contributed by atoms with van der Waals surface area (Å²) in [6.45, 7) is 2.19. The van der Waals surface area contributed by atoms with Crippen molar-refractivity contribution in [3.8, 4) is 0 Å². The second-order valence-corrected chi connectivity index (χ2v) is 6.90. The summed E-state index contributed by atoms with van der Waals surface area (Å²) in [6.07, 6.45) is 0. The molecule has 1 amide bonds. The van der Waals surface area contributed by atoms with Crippen molar-refractivity contribution in [2.24, 2.45) is 0 Å². The van der Waals surface area contributed by atoms with E-state index in [4.69, 9.17) is 0 Å². The van der Waals surface area contributed by atoms with Gasteiger partial charge in [0.15, 0.2) is 0 Å². The second-order valence-electron chi connectivity index (χ2n) is 6.90. The van der Waals surface area contributed by atoms with E-state index in [1.165, 1.54) is 16.7 Å². The Labute approximate surface area is 167 Å². The van der Waals surface area contributed by atoms with Gasteiger partial charge in [-0.05, 0) is 48.9 Å². The quantitative estimate of drug-likeness (QED) is 0.552. The SMILES string of the molecule is Cc1ccc(C(=O)n2c(C(=O)NCc3ccc(F)cc3)cc3ccccc32)cc1. The van der Waals surface area contributed by atoms with Crippen LogP contribution < -0.4 is 5.32 Å². The fourth-order valence-corrected chi connectivity index (χ4v) is 3.24. The van der Waals surface area contributed by atoms with E-state index in [1.807, 2.05) is 43.3 Å². The van der Waals surface area contributed by atoms with E-state index in [0.29, 0.717) is 11.1 Å². The molecule has 0 saturated carbocycles. The maximum Gasteiger partial charge on any atom is 0.268 e. The minimum atomic E-state index is -0.369. The number of nitrogens with one attached hydrogen (secondary N) is 1. The number of fused-ring (bicyclic) bond motifs is 1. The molecule has 144 valence electrons. The molecule has 4 nitrogen and oxygen atoms in total. The molecule has 0 aliphatic carbocycles. The first-order valence-electron chi connectivity index (χ1n) is 9.27. The van der Waals surface area contributed by atoms with Crippen molar-refractivity contribution in [1.29, 1.82) is 0 Å². The smallest absolute Gasteiger partial charge is 0.268 e. The summed E-state index contributed by atoms with van der Waals surface area (Å²) in [7, 11) is 0. The van der Waals surface area contributed by atoms with Crippen LogP contribution in [0.5, 0.6) is 0 Å². The predicted octanol–water partition coefficient (Wildman–Crippen LogP) is 4.71. The van der Waals surface area contributed by atoms with Crippen LogP contribution in [-0.4, -0.2) is 16.4 Å². The number of hydrogen-bond donors (Lipinski definition) is 1. The van der Waals surface area contributed by atoms with E-state index in [0.717, 1.165) is 16.5 Å². The molecule has 1 N–H and O–H groups in total. The van der Waals surface area contributed by atoms with Crippen LogP contribution in [0.4, 0.5) is 4.39 Å². The normalized spacial score (nSPS) is 10.8. The van der Waals surface area contributed by atoms with Gasteiger partial charge >= 0.3 is 0 Å². The number of amides is 1. The lowest BCUT2D eigenvalue weighted by Crippen LogP contribution is -2.27. The second kappa shape index (κ2) is 7.72. The maximum atomic E-state index is 13.2. The van der Waals surface area contributed by atoms with Gasteiger partial charge in [-0.3, -0.25) is 14.2 Å². The maximum absolute atomic E-state index is 13.2. The van der Waals surface area contributed by atoms with Crippen molar-refractivity contribution in [3.63, 3.8) is 0 Å². The van der Waals surface area contributed by atoms with Gasteiger partial charge in [0, 0.05) is 17.5 Å². The van der Waals surface area contributed by atoms with Crippen LogP contribution in [0.15, 0.2) is 78.9 Å². The number of para-hydroxylation sites is 1. The molecule has 0 spiro atoms. The topological polar surface area (TPSA) is 51.1 Å².